The van der Waals surface area contributed by atoms with Crippen LogP contribution in [-0.4, -0.2) is 50.7 Å². The van der Waals surface area contributed by atoms with Crippen molar-refractivity contribution in [2.45, 2.75) is 46.3 Å². The van der Waals surface area contributed by atoms with Gasteiger partial charge in [-0.2, -0.15) is 5.10 Å². The number of nitrogen functional groups attached to an aromatic ring is 1. The monoisotopic (exact) mass is 529 g/mol. The zero-order valence-electron chi connectivity index (χ0n) is 22.8. The van der Waals surface area contributed by atoms with Gasteiger partial charge < -0.3 is 15.5 Å². The molecule has 0 spiro atoms. The molecule has 3 aromatic rings. The number of nitrogens with zero attached hydrogens (tertiary/aromatic N) is 5. The summed E-state index contributed by atoms with van der Waals surface area (Å²) in [6, 6.07) is 8.18. The average Bonchev–Trinajstić information content (AvgIpc) is 3.46. The maximum atomic E-state index is 14.8. The molecule has 1 fully saturated rings. The first-order valence-electron chi connectivity index (χ1n) is 13.5. The molecule has 39 heavy (non-hydrogen) atoms. The lowest BCUT2D eigenvalue weighted by Crippen LogP contribution is -2.45. The topological polar surface area (TPSA) is 92.3 Å². The van der Waals surface area contributed by atoms with Crippen molar-refractivity contribution in [1.82, 2.24) is 24.6 Å². The second kappa shape index (κ2) is 11.4. The van der Waals surface area contributed by atoms with E-state index in [2.05, 4.69) is 28.4 Å². The van der Waals surface area contributed by atoms with Gasteiger partial charge in [-0.3, -0.25) is 10.00 Å². The Morgan fingerprint density at radius 3 is 2.77 bits per heavy atom. The average molecular weight is 530 g/mol. The van der Waals surface area contributed by atoms with Gasteiger partial charge in [0.1, 0.15) is 5.82 Å². The quantitative estimate of drug-likeness (QED) is 0.374. The van der Waals surface area contributed by atoms with Crippen LogP contribution in [-0.2, 0) is 19.6 Å². The van der Waals surface area contributed by atoms with E-state index in [4.69, 9.17) is 10.8 Å². The number of urea groups is 1. The first-order valence-corrected chi connectivity index (χ1v) is 13.5. The van der Waals surface area contributed by atoms with Crippen molar-refractivity contribution >= 4 is 23.1 Å². The minimum absolute atomic E-state index is 0.276. The Morgan fingerprint density at radius 2 is 2.05 bits per heavy atom. The normalized spacial score (nSPS) is 16.1. The van der Waals surface area contributed by atoms with Gasteiger partial charge >= 0.3 is 6.03 Å². The molecule has 2 amide bonds. The maximum absolute atomic E-state index is 14.8. The van der Waals surface area contributed by atoms with E-state index in [0.29, 0.717) is 42.4 Å². The zero-order valence-corrected chi connectivity index (χ0v) is 22.8. The molecular formula is C30H36FN7O. The Balaban J connectivity index is 1.29. The molecule has 5 rings (SSSR count). The summed E-state index contributed by atoms with van der Waals surface area (Å²) in [5.74, 6) is 0.642. The van der Waals surface area contributed by atoms with E-state index in [9.17, 15) is 9.18 Å². The lowest BCUT2D eigenvalue weighted by atomic mass is 9.97. The fourth-order valence-corrected chi connectivity index (χ4v) is 5.29. The predicted molar refractivity (Wildman–Crippen MR) is 153 cm³/mol. The summed E-state index contributed by atoms with van der Waals surface area (Å²) in [5.41, 5.74) is 11.4. The van der Waals surface area contributed by atoms with Crippen molar-refractivity contribution in [3.05, 3.63) is 77.4 Å². The van der Waals surface area contributed by atoms with Crippen LogP contribution in [0.3, 0.4) is 0 Å². The first-order chi connectivity index (χ1) is 18.8. The van der Waals surface area contributed by atoms with Crippen LogP contribution in [0.2, 0.25) is 0 Å². The molecule has 0 saturated carbocycles. The molecule has 0 atom stereocenters. The minimum Gasteiger partial charge on any atom is -0.396 e. The van der Waals surface area contributed by atoms with Gasteiger partial charge in [0.15, 0.2) is 5.82 Å². The van der Waals surface area contributed by atoms with E-state index in [1.807, 2.05) is 42.8 Å². The van der Waals surface area contributed by atoms with Crippen molar-refractivity contribution in [1.29, 1.82) is 0 Å². The van der Waals surface area contributed by atoms with Crippen LogP contribution in [0.15, 0.2) is 54.8 Å². The summed E-state index contributed by atoms with van der Waals surface area (Å²) >= 11 is 0. The highest BCUT2D eigenvalue weighted by atomic mass is 19.1. The highest BCUT2D eigenvalue weighted by Gasteiger charge is 2.29. The van der Waals surface area contributed by atoms with E-state index in [0.717, 1.165) is 48.4 Å². The highest BCUT2D eigenvalue weighted by molar-refractivity contribution is 5.92. The summed E-state index contributed by atoms with van der Waals surface area (Å²) < 4.78 is 16.8. The second-order valence-corrected chi connectivity index (χ2v) is 10.4. The largest absolute Gasteiger partial charge is 0.396 e. The molecular weight excluding hydrogens is 493 g/mol. The number of carbonyl (C=O) groups is 1. The van der Waals surface area contributed by atoms with Crippen molar-refractivity contribution in [3.63, 3.8) is 0 Å². The third-order valence-electron chi connectivity index (χ3n) is 7.28. The number of aromatic nitrogens is 3. The number of carbonyl (C=O) groups excluding carboxylic acids is 1. The molecule has 2 aliphatic rings. The number of hydrogen-bond donors (Lipinski definition) is 2. The number of halogens is 1. The number of likely N-dealkylation sites (tertiary alicyclic amines) is 1. The Morgan fingerprint density at radius 1 is 1.23 bits per heavy atom. The van der Waals surface area contributed by atoms with Crippen LogP contribution in [0.4, 0.5) is 20.7 Å². The number of hydrogen-bond acceptors (Lipinski definition) is 5. The van der Waals surface area contributed by atoms with Gasteiger partial charge in [-0.1, -0.05) is 25.2 Å². The Labute approximate surface area is 229 Å². The predicted octanol–water partition coefficient (Wildman–Crippen LogP) is 5.54. The Kier molecular flexibility index (Phi) is 7.79. The van der Waals surface area contributed by atoms with Crippen molar-refractivity contribution in [2.75, 3.05) is 31.2 Å². The molecule has 0 aliphatic carbocycles. The van der Waals surface area contributed by atoms with Crippen LogP contribution in [0.1, 0.15) is 43.5 Å². The molecule has 0 unspecified atom stereocenters. The molecule has 2 aromatic heterocycles. The van der Waals surface area contributed by atoms with E-state index in [1.165, 1.54) is 6.07 Å². The number of anilines is 2. The first kappa shape index (κ1) is 26.6. The van der Waals surface area contributed by atoms with E-state index >= 15 is 0 Å². The lowest BCUT2D eigenvalue weighted by Gasteiger charge is -2.36. The van der Waals surface area contributed by atoms with Crippen LogP contribution < -0.4 is 11.1 Å². The van der Waals surface area contributed by atoms with Gasteiger partial charge in [-0.05, 0) is 62.7 Å². The Bertz CT molecular complexity index is 1400. The molecule has 204 valence electrons. The zero-order chi connectivity index (χ0) is 27.5. The minimum atomic E-state index is -0.282. The molecule has 1 aromatic carbocycles. The van der Waals surface area contributed by atoms with Crippen molar-refractivity contribution in [3.8, 4) is 11.3 Å². The van der Waals surface area contributed by atoms with E-state index < -0.39 is 0 Å². The number of allylic oxidation sites excluding steroid dienone is 4. The summed E-state index contributed by atoms with van der Waals surface area (Å²) in [6.45, 7) is 8.02. The molecule has 0 bridgehead atoms. The van der Waals surface area contributed by atoms with Crippen LogP contribution >= 0.6 is 0 Å². The molecule has 9 heteroatoms. The van der Waals surface area contributed by atoms with E-state index in [-0.39, 0.29) is 17.7 Å². The van der Waals surface area contributed by atoms with Crippen molar-refractivity contribution < 1.29 is 9.18 Å². The number of amides is 2. The van der Waals surface area contributed by atoms with Crippen LogP contribution in [0, 0.1) is 11.7 Å². The fraction of sp³-hybridized carbons (Fsp3) is 0.367. The smallest absolute Gasteiger partial charge is 0.323 e. The standard InChI is InChI=1S/C30H36FN7O/c1-4-6-8-21(7-5-2)24-13-22(9-10-25(24)31)27-12-11-26(32)29(33-27)34-30(39)37-17-23-18-38(35-28(23)19-37)16-20-14-36(3)15-20/h4,6-7,9-13,18,20H,5,8,14-17,19,32H2,1-3H3,(H,33,34,39)/b6-4-,21-7+. The van der Waals surface area contributed by atoms with Crippen molar-refractivity contribution in [2.24, 2.45) is 5.92 Å². The van der Waals surface area contributed by atoms with Gasteiger partial charge in [0.2, 0.25) is 0 Å². The van der Waals surface area contributed by atoms with Gasteiger partial charge in [-0.15, -0.1) is 0 Å². The van der Waals surface area contributed by atoms with Crippen LogP contribution in [0.5, 0.6) is 0 Å². The van der Waals surface area contributed by atoms with Gasteiger partial charge in [0, 0.05) is 48.4 Å². The Hall–Kier alpha value is -3.98. The van der Waals surface area contributed by atoms with Crippen LogP contribution in [0.25, 0.3) is 16.8 Å². The molecule has 1 saturated heterocycles. The number of pyridine rings is 1. The summed E-state index contributed by atoms with van der Waals surface area (Å²) in [6.07, 6.45) is 9.53. The highest BCUT2D eigenvalue weighted by Crippen LogP contribution is 2.30. The molecule has 2 aliphatic heterocycles. The lowest BCUT2D eigenvalue weighted by molar-refractivity contribution is 0.115. The summed E-state index contributed by atoms with van der Waals surface area (Å²) in [7, 11) is 2.12. The molecule has 8 nitrogen and oxygen atoms in total. The molecule has 0 radical (unpaired) electrons. The number of nitrogens with one attached hydrogen (secondary N) is 1. The fourth-order valence-electron chi connectivity index (χ4n) is 5.29. The van der Waals surface area contributed by atoms with Gasteiger partial charge in [0.25, 0.3) is 0 Å². The third kappa shape index (κ3) is 5.88. The number of rotatable bonds is 8. The van der Waals surface area contributed by atoms with Gasteiger partial charge in [-0.25, -0.2) is 14.2 Å². The summed E-state index contributed by atoms with van der Waals surface area (Å²) in [4.78, 5) is 21.7. The summed E-state index contributed by atoms with van der Waals surface area (Å²) in [5, 5.41) is 7.58. The second-order valence-electron chi connectivity index (χ2n) is 10.4. The third-order valence-corrected chi connectivity index (χ3v) is 7.28. The number of nitrogens with two attached hydrogens (primary N) is 1. The molecule has 4 heterocycles. The number of fused-ring (bicyclic) bond motifs is 1. The SMILES string of the molecule is C/C=C\C/C(=C\CC)c1cc(-c2ccc(N)c(NC(=O)N3Cc4cn(CC5CN(C)C5)nc4C3)n2)ccc1F. The van der Waals surface area contributed by atoms with Gasteiger partial charge in [0.05, 0.1) is 30.2 Å². The van der Waals surface area contributed by atoms with E-state index in [1.54, 1.807) is 23.1 Å². The molecule has 3 N–H and O–H groups in total. The maximum Gasteiger partial charge on any atom is 0.323 e. The number of benzene rings is 1.